The van der Waals surface area contributed by atoms with Gasteiger partial charge in [-0.15, -0.1) is 0 Å². The van der Waals surface area contributed by atoms with E-state index in [1.54, 1.807) is 20.1 Å². The molecule has 112 valence electrons. The van der Waals surface area contributed by atoms with Crippen molar-refractivity contribution in [2.45, 2.75) is 19.6 Å². The van der Waals surface area contributed by atoms with Gasteiger partial charge in [0.05, 0.1) is 11.6 Å². The van der Waals surface area contributed by atoms with Crippen molar-refractivity contribution in [2.75, 3.05) is 7.11 Å². The molecule has 0 radical (unpaired) electrons. The first-order valence-corrected chi connectivity index (χ1v) is 7.31. The third kappa shape index (κ3) is 3.95. The predicted molar refractivity (Wildman–Crippen MR) is 84.0 cm³/mol. The first kappa shape index (κ1) is 15.8. The molecule has 0 saturated heterocycles. The fourth-order valence-electron chi connectivity index (χ4n) is 1.97. The molecule has 2 aromatic carbocycles. The first-order chi connectivity index (χ1) is 10.0. The smallest absolute Gasteiger partial charge is 0.133 e. The van der Waals surface area contributed by atoms with Gasteiger partial charge < -0.3 is 15.2 Å². The SMILES string of the molecule is COc1ccc(COc2ccc(F)cc2C(C)N)cc1Br. The molecule has 2 N–H and O–H groups in total. The van der Waals surface area contributed by atoms with Crippen molar-refractivity contribution in [3.8, 4) is 11.5 Å². The molecule has 0 aromatic heterocycles. The van der Waals surface area contributed by atoms with E-state index in [1.165, 1.54) is 12.1 Å². The molecule has 0 bridgehead atoms. The number of methoxy groups -OCH3 is 1. The van der Waals surface area contributed by atoms with Crippen molar-refractivity contribution in [1.82, 2.24) is 0 Å². The summed E-state index contributed by atoms with van der Waals surface area (Å²) >= 11 is 3.43. The Labute approximate surface area is 132 Å². The molecule has 1 atom stereocenters. The van der Waals surface area contributed by atoms with Crippen LogP contribution in [0.5, 0.6) is 11.5 Å². The highest BCUT2D eigenvalue weighted by molar-refractivity contribution is 9.10. The van der Waals surface area contributed by atoms with Gasteiger partial charge in [0.1, 0.15) is 23.9 Å². The maximum atomic E-state index is 13.3. The van der Waals surface area contributed by atoms with Crippen molar-refractivity contribution in [3.05, 3.63) is 57.8 Å². The lowest BCUT2D eigenvalue weighted by molar-refractivity contribution is 0.300. The van der Waals surface area contributed by atoms with Crippen LogP contribution >= 0.6 is 15.9 Å². The van der Waals surface area contributed by atoms with Crippen LogP contribution in [0.2, 0.25) is 0 Å². The van der Waals surface area contributed by atoms with Gasteiger partial charge in [0.15, 0.2) is 0 Å². The average molecular weight is 354 g/mol. The van der Waals surface area contributed by atoms with E-state index >= 15 is 0 Å². The Bertz CT molecular complexity index is 632. The van der Waals surface area contributed by atoms with Crippen LogP contribution in [0.4, 0.5) is 4.39 Å². The lowest BCUT2D eigenvalue weighted by atomic mass is 10.1. The molecule has 1 unspecified atom stereocenters. The minimum atomic E-state index is -0.318. The van der Waals surface area contributed by atoms with Crippen LogP contribution in [-0.2, 0) is 6.61 Å². The van der Waals surface area contributed by atoms with Gasteiger partial charge in [0.2, 0.25) is 0 Å². The van der Waals surface area contributed by atoms with E-state index < -0.39 is 0 Å². The molecule has 0 amide bonds. The summed E-state index contributed by atoms with van der Waals surface area (Å²) in [5, 5.41) is 0. The van der Waals surface area contributed by atoms with Gasteiger partial charge in [-0.3, -0.25) is 0 Å². The molecule has 0 aliphatic heterocycles. The Morgan fingerprint density at radius 1 is 1.19 bits per heavy atom. The molecule has 0 spiro atoms. The Morgan fingerprint density at radius 3 is 2.52 bits per heavy atom. The number of hydrogen-bond donors (Lipinski definition) is 1. The van der Waals surface area contributed by atoms with E-state index in [2.05, 4.69) is 15.9 Å². The molecule has 2 aromatic rings. The number of ether oxygens (including phenoxy) is 2. The molecular weight excluding hydrogens is 337 g/mol. The molecule has 3 nitrogen and oxygen atoms in total. The number of rotatable bonds is 5. The van der Waals surface area contributed by atoms with Gasteiger partial charge in [0.25, 0.3) is 0 Å². The van der Waals surface area contributed by atoms with Crippen LogP contribution in [0.25, 0.3) is 0 Å². The number of halogens is 2. The predicted octanol–water partition coefficient (Wildman–Crippen LogP) is 4.20. The van der Waals surface area contributed by atoms with Gasteiger partial charge in [0, 0.05) is 11.6 Å². The topological polar surface area (TPSA) is 44.5 Å². The summed E-state index contributed by atoms with van der Waals surface area (Å²) in [7, 11) is 1.61. The quantitative estimate of drug-likeness (QED) is 0.876. The van der Waals surface area contributed by atoms with E-state index in [-0.39, 0.29) is 11.9 Å². The molecule has 0 heterocycles. The molecule has 0 aliphatic rings. The largest absolute Gasteiger partial charge is 0.496 e. The highest BCUT2D eigenvalue weighted by Crippen LogP contribution is 2.28. The monoisotopic (exact) mass is 353 g/mol. The van der Waals surface area contributed by atoms with Crippen LogP contribution in [0.3, 0.4) is 0 Å². The maximum absolute atomic E-state index is 13.3. The molecule has 0 fully saturated rings. The maximum Gasteiger partial charge on any atom is 0.133 e. The number of nitrogens with two attached hydrogens (primary N) is 1. The van der Waals surface area contributed by atoms with Gasteiger partial charge in [-0.2, -0.15) is 0 Å². The van der Waals surface area contributed by atoms with Crippen LogP contribution in [0, 0.1) is 5.82 Å². The minimum absolute atomic E-state index is 0.293. The minimum Gasteiger partial charge on any atom is -0.496 e. The lowest BCUT2D eigenvalue weighted by Gasteiger charge is -2.14. The summed E-state index contributed by atoms with van der Waals surface area (Å²) < 4.78 is 25.1. The molecule has 0 aliphatic carbocycles. The summed E-state index contributed by atoms with van der Waals surface area (Å²) in [5.74, 6) is 1.04. The highest BCUT2D eigenvalue weighted by atomic mass is 79.9. The van der Waals surface area contributed by atoms with Gasteiger partial charge in [-0.1, -0.05) is 6.07 Å². The molecule has 2 rings (SSSR count). The van der Waals surface area contributed by atoms with Crippen molar-refractivity contribution >= 4 is 15.9 Å². The second kappa shape index (κ2) is 6.91. The second-order valence-corrected chi connectivity index (χ2v) is 5.58. The van der Waals surface area contributed by atoms with Crippen LogP contribution in [-0.4, -0.2) is 7.11 Å². The van der Waals surface area contributed by atoms with Crippen molar-refractivity contribution in [3.63, 3.8) is 0 Å². The average Bonchev–Trinajstić information content (AvgIpc) is 2.46. The summed E-state index contributed by atoms with van der Waals surface area (Å²) in [6, 6.07) is 9.78. The molecular formula is C16H17BrFNO2. The van der Waals surface area contributed by atoms with Crippen LogP contribution in [0.1, 0.15) is 24.1 Å². The number of benzene rings is 2. The Kier molecular flexibility index (Phi) is 5.20. The Hall–Kier alpha value is -1.59. The zero-order valence-corrected chi connectivity index (χ0v) is 13.5. The zero-order chi connectivity index (χ0) is 15.4. The standard InChI is InChI=1S/C16H17BrFNO2/c1-10(19)13-8-12(18)4-6-15(13)21-9-11-3-5-16(20-2)14(17)7-11/h3-8,10H,9,19H2,1-2H3. The Balaban J connectivity index is 2.15. The fourth-order valence-corrected chi connectivity index (χ4v) is 2.56. The second-order valence-electron chi connectivity index (χ2n) is 4.73. The zero-order valence-electron chi connectivity index (χ0n) is 11.9. The van der Waals surface area contributed by atoms with E-state index in [0.29, 0.717) is 17.9 Å². The van der Waals surface area contributed by atoms with Crippen molar-refractivity contribution in [1.29, 1.82) is 0 Å². The third-order valence-electron chi connectivity index (χ3n) is 3.07. The third-order valence-corrected chi connectivity index (χ3v) is 3.69. The molecule has 0 saturated carbocycles. The summed E-state index contributed by atoms with van der Waals surface area (Å²) in [6.07, 6.45) is 0. The number of hydrogen-bond acceptors (Lipinski definition) is 3. The van der Waals surface area contributed by atoms with Crippen LogP contribution < -0.4 is 15.2 Å². The van der Waals surface area contributed by atoms with E-state index in [0.717, 1.165) is 15.8 Å². The Morgan fingerprint density at radius 2 is 1.90 bits per heavy atom. The van der Waals surface area contributed by atoms with E-state index in [4.69, 9.17) is 15.2 Å². The van der Waals surface area contributed by atoms with Gasteiger partial charge in [-0.05, 0) is 58.7 Å². The molecule has 21 heavy (non-hydrogen) atoms. The normalized spacial score (nSPS) is 12.0. The molecule has 5 heteroatoms. The van der Waals surface area contributed by atoms with E-state index in [9.17, 15) is 4.39 Å². The highest BCUT2D eigenvalue weighted by Gasteiger charge is 2.10. The summed E-state index contributed by atoms with van der Waals surface area (Å²) in [4.78, 5) is 0. The van der Waals surface area contributed by atoms with Crippen molar-refractivity contribution in [2.24, 2.45) is 5.73 Å². The summed E-state index contributed by atoms with van der Waals surface area (Å²) in [5.41, 5.74) is 7.47. The van der Waals surface area contributed by atoms with Crippen LogP contribution in [0.15, 0.2) is 40.9 Å². The van der Waals surface area contributed by atoms with Gasteiger partial charge >= 0.3 is 0 Å². The fraction of sp³-hybridized carbons (Fsp3) is 0.250. The van der Waals surface area contributed by atoms with Gasteiger partial charge in [-0.25, -0.2) is 4.39 Å². The van der Waals surface area contributed by atoms with Crippen molar-refractivity contribution < 1.29 is 13.9 Å². The van der Waals surface area contributed by atoms with E-state index in [1.807, 2.05) is 18.2 Å². The lowest BCUT2D eigenvalue weighted by Crippen LogP contribution is -2.08. The summed E-state index contributed by atoms with van der Waals surface area (Å²) in [6.45, 7) is 2.17. The first-order valence-electron chi connectivity index (χ1n) is 6.51.